The van der Waals surface area contributed by atoms with E-state index in [1.165, 1.54) is 30.1 Å². The van der Waals surface area contributed by atoms with Crippen molar-refractivity contribution in [3.05, 3.63) is 102 Å². The van der Waals surface area contributed by atoms with Crippen LogP contribution in [-0.2, 0) is 9.53 Å². The van der Waals surface area contributed by atoms with Crippen LogP contribution in [0.3, 0.4) is 0 Å². The Balaban J connectivity index is 1.64. The van der Waals surface area contributed by atoms with Crippen molar-refractivity contribution in [1.82, 2.24) is 9.55 Å². The highest BCUT2D eigenvalue weighted by Crippen LogP contribution is 2.26. The Kier molecular flexibility index (Phi) is 7.47. The standard InChI is InChI=1S/C26H22FN3O4S/c1-33-21-14-10-19(11-15-21)29-24(31)23(17-6-4-3-5-7-17)34-25(32)22-16-28-26(35-2)30(22)20-12-8-18(27)9-13-20/h3-16,23H,1-2H3,(H,29,31)/t23-/m1/s1. The number of methoxy groups -OCH3 is 1. The summed E-state index contributed by atoms with van der Waals surface area (Å²) in [5.74, 6) is -1.02. The third kappa shape index (κ3) is 5.52. The molecule has 0 saturated carbocycles. The summed E-state index contributed by atoms with van der Waals surface area (Å²) in [5.41, 5.74) is 1.68. The van der Waals surface area contributed by atoms with E-state index < -0.39 is 23.8 Å². The molecule has 0 aliphatic heterocycles. The Morgan fingerprint density at radius 1 is 1.00 bits per heavy atom. The largest absolute Gasteiger partial charge is 0.497 e. The molecule has 3 aromatic carbocycles. The number of thioether (sulfide) groups is 1. The van der Waals surface area contributed by atoms with Gasteiger partial charge in [0.1, 0.15) is 11.6 Å². The molecule has 0 bridgehead atoms. The fourth-order valence-corrected chi connectivity index (χ4v) is 3.96. The van der Waals surface area contributed by atoms with Crippen LogP contribution in [0.4, 0.5) is 10.1 Å². The molecular formula is C26H22FN3O4S. The van der Waals surface area contributed by atoms with Crippen molar-refractivity contribution in [3.63, 3.8) is 0 Å². The van der Waals surface area contributed by atoms with Gasteiger partial charge < -0.3 is 14.8 Å². The van der Waals surface area contributed by atoms with E-state index in [1.54, 1.807) is 78.4 Å². The number of amides is 1. The lowest BCUT2D eigenvalue weighted by atomic mass is 10.1. The number of nitrogens with zero attached hydrogens (tertiary/aromatic N) is 2. The van der Waals surface area contributed by atoms with Crippen LogP contribution in [0.2, 0.25) is 0 Å². The van der Waals surface area contributed by atoms with Crippen LogP contribution >= 0.6 is 11.8 Å². The highest BCUT2D eigenvalue weighted by molar-refractivity contribution is 7.98. The van der Waals surface area contributed by atoms with Crippen LogP contribution in [0.25, 0.3) is 5.69 Å². The van der Waals surface area contributed by atoms with E-state index in [4.69, 9.17) is 9.47 Å². The Labute approximate surface area is 205 Å². The molecule has 1 aromatic heterocycles. The van der Waals surface area contributed by atoms with Crippen molar-refractivity contribution < 1.29 is 23.5 Å². The molecule has 9 heteroatoms. The molecule has 0 aliphatic carbocycles. The van der Waals surface area contributed by atoms with Gasteiger partial charge in [0.2, 0.25) is 6.10 Å². The number of benzene rings is 3. The summed E-state index contributed by atoms with van der Waals surface area (Å²) in [5, 5.41) is 3.29. The van der Waals surface area contributed by atoms with Crippen molar-refractivity contribution in [2.24, 2.45) is 0 Å². The molecule has 4 rings (SSSR count). The number of ether oxygens (including phenoxy) is 2. The second kappa shape index (κ2) is 10.9. The van der Waals surface area contributed by atoms with Crippen LogP contribution in [0.1, 0.15) is 22.2 Å². The molecule has 0 unspecified atom stereocenters. The number of imidazole rings is 1. The maximum atomic E-state index is 13.5. The number of hydrogen-bond acceptors (Lipinski definition) is 6. The van der Waals surface area contributed by atoms with Gasteiger partial charge >= 0.3 is 5.97 Å². The smallest absolute Gasteiger partial charge is 0.358 e. The van der Waals surface area contributed by atoms with Gasteiger partial charge in [-0.15, -0.1) is 0 Å². The van der Waals surface area contributed by atoms with Gasteiger partial charge in [-0.05, 0) is 54.8 Å². The number of esters is 1. The fourth-order valence-electron chi connectivity index (χ4n) is 3.41. The van der Waals surface area contributed by atoms with Crippen LogP contribution in [0, 0.1) is 5.82 Å². The van der Waals surface area contributed by atoms with Crippen LogP contribution in [0.5, 0.6) is 5.75 Å². The molecule has 4 aromatic rings. The number of carbonyl (C=O) groups excluding carboxylic acids is 2. The third-order valence-corrected chi connectivity index (χ3v) is 5.78. The molecule has 7 nitrogen and oxygen atoms in total. The number of rotatable bonds is 8. The molecule has 0 radical (unpaired) electrons. The van der Waals surface area contributed by atoms with E-state index >= 15 is 0 Å². The quantitative estimate of drug-likeness (QED) is 0.267. The first-order valence-corrected chi connectivity index (χ1v) is 11.8. The van der Waals surface area contributed by atoms with Crippen molar-refractivity contribution in [3.8, 4) is 11.4 Å². The topological polar surface area (TPSA) is 82.4 Å². The Hall–Kier alpha value is -4.11. The Morgan fingerprint density at radius 3 is 2.31 bits per heavy atom. The minimum absolute atomic E-state index is 0.110. The van der Waals surface area contributed by atoms with E-state index in [0.717, 1.165) is 0 Å². The van der Waals surface area contributed by atoms with E-state index in [9.17, 15) is 14.0 Å². The zero-order valence-electron chi connectivity index (χ0n) is 19.0. The summed E-state index contributed by atoms with van der Waals surface area (Å²) >= 11 is 1.32. The first kappa shape index (κ1) is 24.0. The molecule has 1 N–H and O–H groups in total. The van der Waals surface area contributed by atoms with Gasteiger partial charge in [0, 0.05) is 16.9 Å². The normalized spacial score (nSPS) is 11.5. The average Bonchev–Trinajstić information content (AvgIpc) is 3.33. The van der Waals surface area contributed by atoms with Gasteiger partial charge in [0.15, 0.2) is 10.9 Å². The molecule has 178 valence electrons. The summed E-state index contributed by atoms with van der Waals surface area (Å²) in [6.45, 7) is 0. The lowest BCUT2D eigenvalue weighted by molar-refractivity contribution is -0.125. The highest BCUT2D eigenvalue weighted by atomic mass is 32.2. The number of aromatic nitrogens is 2. The van der Waals surface area contributed by atoms with Crippen LogP contribution < -0.4 is 10.1 Å². The lowest BCUT2D eigenvalue weighted by Gasteiger charge is -2.19. The second-order valence-corrected chi connectivity index (χ2v) is 8.13. The van der Waals surface area contributed by atoms with Gasteiger partial charge in [-0.25, -0.2) is 14.2 Å². The average molecular weight is 492 g/mol. The summed E-state index contributed by atoms with van der Waals surface area (Å²) < 4.78 is 25.9. The fraction of sp³-hybridized carbons (Fsp3) is 0.115. The zero-order valence-corrected chi connectivity index (χ0v) is 19.8. The lowest BCUT2D eigenvalue weighted by Crippen LogP contribution is -2.26. The second-order valence-electron chi connectivity index (χ2n) is 7.36. The van der Waals surface area contributed by atoms with E-state index in [1.807, 2.05) is 6.26 Å². The molecule has 1 amide bonds. The number of anilines is 1. The minimum atomic E-state index is -1.22. The minimum Gasteiger partial charge on any atom is -0.497 e. The highest BCUT2D eigenvalue weighted by Gasteiger charge is 2.28. The van der Waals surface area contributed by atoms with Crippen molar-refractivity contribution in [2.75, 3.05) is 18.7 Å². The number of carbonyl (C=O) groups is 2. The third-order valence-electron chi connectivity index (χ3n) is 5.13. The summed E-state index contributed by atoms with van der Waals surface area (Å²) in [6, 6.07) is 21.2. The van der Waals surface area contributed by atoms with Gasteiger partial charge in [0.25, 0.3) is 5.91 Å². The van der Waals surface area contributed by atoms with E-state index in [-0.39, 0.29) is 5.69 Å². The molecular weight excluding hydrogens is 469 g/mol. The van der Waals surface area contributed by atoms with Gasteiger partial charge in [-0.3, -0.25) is 9.36 Å². The Bertz CT molecular complexity index is 1310. The summed E-state index contributed by atoms with van der Waals surface area (Å²) in [7, 11) is 1.55. The maximum Gasteiger partial charge on any atom is 0.358 e. The molecule has 1 atom stereocenters. The van der Waals surface area contributed by atoms with Gasteiger partial charge in [-0.2, -0.15) is 0 Å². The predicted octanol–water partition coefficient (Wildman–Crippen LogP) is 5.28. The molecule has 0 fully saturated rings. The van der Waals surface area contributed by atoms with E-state index in [0.29, 0.717) is 27.8 Å². The van der Waals surface area contributed by atoms with Gasteiger partial charge in [-0.1, -0.05) is 42.1 Å². The summed E-state index contributed by atoms with van der Waals surface area (Å²) in [4.78, 5) is 30.8. The van der Waals surface area contributed by atoms with Crippen LogP contribution in [0.15, 0.2) is 90.2 Å². The summed E-state index contributed by atoms with van der Waals surface area (Å²) in [6.07, 6.45) is 1.97. The predicted molar refractivity (Wildman–Crippen MR) is 132 cm³/mol. The molecule has 0 saturated heterocycles. The molecule has 35 heavy (non-hydrogen) atoms. The Morgan fingerprint density at radius 2 is 1.69 bits per heavy atom. The molecule has 1 heterocycles. The van der Waals surface area contributed by atoms with Crippen molar-refractivity contribution >= 4 is 29.3 Å². The zero-order chi connectivity index (χ0) is 24.8. The number of nitrogens with one attached hydrogen (secondary N) is 1. The van der Waals surface area contributed by atoms with Gasteiger partial charge in [0.05, 0.1) is 13.3 Å². The first-order valence-electron chi connectivity index (χ1n) is 10.6. The number of hydrogen-bond donors (Lipinski definition) is 1. The maximum absolute atomic E-state index is 13.5. The van der Waals surface area contributed by atoms with Crippen molar-refractivity contribution in [1.29, 1.82) is 0 Å². The van der Waals surface area contributed by atoms with E-state index in [2.05, 4.69) is 10.3 Å². The van der Waals surface area contributed by atoms with Crippen molar-refractivity contribution in [2.45, 2.75) is 11.3 Å². The van der Waals surface area contributed by atoms with Crippen LogP contribution in [-0.4, -0.2) is 34.8 Å². The number of halogens is 1. The SMILES string of the molecule is COc1ccc(NC(=O)[C@H](OC(=O)c2cnc(SC)n2-c2ccc(F)cc2)c2ccccc2)cc1. The molecule has 0 aliphatic rings. The molecule has 0 spiro atoms. The monoisotopic (exact) mass is 491 g/mol. The first-order chi connectivity index (χ1) is 17.0.